The second-order valence-electron chi connectivity index (χ2n) is 10.0. The van der Waals surface area contributed by atoms with E-state index in [9.17, 15) is 23.1 Å². The Balaban J connectivity index is 1.27. The minimum atomic E-state index is -4.35. The van der Waals surface area contributed by atoms with Crippen molar-refractivity contribution in [2.45, 2.75) is 31.8 Å². The van der Waals surface area contributed by atoms with E-state index >= 15 is 0 Å². The van der Waals surface area contributed by atoms with Crippen molar-refractivity contribution in [2.24, 2.45) is 0 Å². The summed E-state index contributed by atoms with van der Waals surface area (Å²) < 4.78 is 49.2. The van der Waals surface area contributed by atoms with Crippen LogP contribution in [-0.2, 0) is 11.0 Å². The number of methoxy groups -OCH3 is 1. The molecule has 12 heteroatoms. The van der Waals surface area contributed by atoms with Gasteiger partial charge < -0.3 is 24.5 Å². The molecule has 1 atom stereocenters. The lowest BCUT2D eigenvalue weighted by atomic mass is 10.0. The molecule has 4 rings (SSSR count). The van der Waals surface area contributed by atoms with Crippen LogP contribution >= 0.6 is 0 Å². The van der Waals surface area contributed by atoms with Crippen LogP contribution in [0.1, 0.15) is 19.4 Å². The van der Waals surface area contributed by atoms with Gasteiger partial charge in [-0.3, -0.25) is 15.0 Å². The smallest absolute Gasteiger partial charge is 0.416 e. The number of hydrogen-bond acceptors (Lipinski definition) is 8. The topological polar surface area (TPSA) is 103 Å². The van der Waals surface area contributed by atoms with Crippen LogP contribution in [0.15, 0.2) is 59.5 Å². The lowest BCUT2D eigenvalue weighted by Gasteiger charge is -2.40. The van der Waals surface area contributed by atoms with Crippen LogP contribution in [-0.4, -0.2) is 72.5 Å². The molecule has 0 radical (unpaired) electrons. The van der Waals surface area contributed by atoms with E-state index < -0.39 is 29.4 Å². The van der Waals surface area contributed by atoms with Gasteiger partial charge in [0.1, 0.15) is 5.75 Å². The molecule has 3 N–H and O–H groups in total. The van der Waals surface area contributed by atoms with Gasteiger partial charge in [-0.25, -0.2) is 4.98 Å². The van der Waals surface area contributed by atoms with E-state index in [0.29, 0.717) is 55.5 Å². The normalized spacial score (nSPS) is 15.7. The number of carbonyl (C=O) groups excluding carboxylic acids is 1. The fourth-order valence-corrected chi connectivity index (χ4v) is 4.60. The zero-order chi connectivity index (χ0) is 28.2. The number of carbonyl (C=O) groups is 1. The second-order valence-corrected chi connectivity index (χ2v) is 10.0. The molecule has 1 aliphatic heterocycles. The summed E-state index contributed by atoms with van der Waals surface area (Å²) in [6.07, 6.45) is -2.95. The Morgan fingerprint density at radius 3 is 2.41 bits per heavy atom. The number of anilines is 2. The predicted molar refractivity (Wildman–Crippen MR) is 140 cm³/mol. The van der Waals surface area contributed by atoms with Gasteiger partial charge in [0.2, 0.25) is 0 Å². The van der Waals surface area contributed by atoms with Crippen molar-refractivity contribution in [1.82, 2.24) is 15.2 Å². The van der Waals surface area contributed by atoms with Gasteiger partial charge in [0.15, 0.2) is 18.4 Å². The van der Waals surface area contributed by atoms with Crippen molar-refractivity contribution >= 4 is 17.3 Å². The highest BCUT2D eigenvalue weighted by atomic mass is 19.4. The molecule has 3 aromatic rings. The van der Waals surface area contributed by atoms with Crippen molar-refractivity contribution in [3.63, 3.8) is 0 Å². The molecule has 1 unspecified atom stereocenters. The van der Waals surface area contributed by atoms with E-state index in [4.69, 9.17) is 9.15 Å². The molecular formula is C27H32F3N5O4. The maximum atomic E-state index is 12.8. The summed E-state index contributed by atoms with van der Waals surface area (Å²) in [7, 11) is 1.50. The summed E-state index contributed by atoms with van der Waals surface area (Å²) in [5, 5.41) is 16.2. The first kappa shape index (κ1) is 28.4. The Morgan fingerprint density at radius 2 is 1.82 bits per heavy atom. The number of nitrogens with one attached hydrogen (secondary N) is 2. The average Bonchev–Trinajstić information content (AvgIpc) is 3.43. The Morgan fingerprint density at radius 1 is 1.13 bits per heavy atom. The number of aromatic nitrogens is 1. The minimum absolute atomic E-state index is 0.443. The highest BCUT2D eigenvalue weighted by Crippen LogP contribution is 2.33. The van der Waals surface area contributed by atoms with Crippen LogP contribution in [0.3, 0.4) is 0 Å². The van der Waals surface area contributed by atoms with E-state index in [2.05, 4.69) is 20.5 Å². The Bertz CT molecular complexity index is 1240. The van der Waals surface area contributed by atoms with Gasteiger partial charge in [0, 0.05) is 55.7 Å². The minimum Gasteiger partial charge on any atom is -0.496 e. The summed E-state index contributed by atoms with van der Waals surface area (Å²) in [5.41, 5.74) is 0.589. The first-order valence-corrected chi connectivity index (χ1v) is 12.4. The molecule has 210 valence electrons. The molecule has 0 spiro atoms. The summed E-state index contributed by atoms with van der Waals surface area (Å²) in [6.45, 7) is 7.00. The van der Waals surface area contributed by atoms with Crippen LogP contribution in [0.5, 0.6) is 5.75 Å². The zero-order valence-electron chi connectivity index (χ0n) is 22.0. The zero-order valence-corrected chi connectivity index (χ0v) is 22.0. The Labute approximate surface area is 224 Å². The molecule has 1 fully saturated rings. The molecule has 2 heterocycles. The van der Waals surface area contributed by atoms with Crippen molar-refractivity contribution < 1.29 is 32.2 Å². The molecule has 1 amide bonds. The van der Waals surface area contributed by atoms with Gasteiger partial charge in [0.25, 0.3) is 5.91 Å². The van der Waals surface area contributed by atoms with Crippen molar-refractivity contribution in [3.05, 3.63) is 60.6 Å². The first-order valence-electron chi connectivity index (χ1n) is 12.4. The fraction of sp³-hybridized carbons (Fsp3) is 0.407. The van der Waals surface area contributed by atoms with Gasteiger partial charge in [-0.1, -0.05) is 0 Å². The largest absolute Gasteiger partial charge is 0.496 e. The third-order valence-electron chi connectivity index (χ3n) is 6.49. The van der Waals surface area contributed by atoms with Crippen LogP contribution in [0.2, 0.25) is 0 Å². The number of aliphatic hydroxyl groups is 1. The summed E-state index contributed by atoms with van der Waals surface area (Å²) in [6, 6.07) is 10.2. The predicted octanol–water partition coefficient (Wildman–Crippen LogP) is 3.82. The summed E-state index contributed by atoms with van der Waals surface area (Å²) in [4.78, 5) is 20.8. The van der Waals surface area contributed by atoms with Gasteiger partial charge in [-0.15, -0.1) is 0 Å². The number of aliphatic hydroxyl groups excluding tert-OH is 1. The summed E-state index contributed by atoms with van der Waals surface area (Å²) in [5.74, 6) is 0.376. The number of ether oxygens (including phenoxy) is 1. The van der Waals surface area contributed by atoms with E-state index in [0.717, 1.165) is 17.8 Å². The van der Waals surface area contributed by atoms with Gasteiger partial charge >= 0.3 is 6.18 Å². The lowest BCUT2D eigenvalue weighted by molar-refractivity contribution is -0.137. The van der Waals surface area contributed by atoms with Crippen LogP contribution in [0.4, 0.5) is 24.5 Å². The van der Waals surface area contributed by atoms with Crippen LogP contribution in [0.25, 0.3) is 11.3 Å². The molecule has 39 heavy (non-hydrogen) atoms. The van der Waals surface area contributed by atoms with Gasteiger partial charge in [-0.2, -0.15) is 13.2 Å². The standard InChI is InChI=1S/C27H32F3N5O4/c1-26(2,16-34-10-12-35(13-11-34)20-7-4-18(5-8-20)27(28,29)30)33-25(37)24(36)32-19-6-9-21(22(14-19)38-3)23-15-31-17-39-23/h4-9,14-15,17,25,33,37H,10-13,16H2,1-3H3,(H,32,36). The molecule has 0 bridgehead atoms. The molecule has 0 saturated carbocycles. The number of oxazole rings is 1. The molecule has 1 saturated heterocycles. The van der Waals surface area contributed by atoms with E-state index in [1.54, 1.807) is 24.4 Å². The maximum absolute atomic E-state index is 12.8. The van der Waals surface area contributed by atoms with Gasteiger partial charge in [0.05, 0.1) is 24.4 Å². The monoisotopic (exact) mass is 547 g/mol. The van der Waals surface area contributed by atoms with E-state index in [1.807, 2.05) is 18.7 Å². The Kier molecular flexibility index (Phi) is 8.48. The molecule has 0 aliphatic carbocycles. The maximum Gasteiger partial charge on any atom is 0.416 e. The molecule has 9 nitrogen and oxygen atoms in total. The van der Waals surface area contributed by atoms with Crippen molar-refractivity contribution in [3.8, 4) is 17.1 Å². The lowest BCUT2D eigenvalue weighted by Crippen LogP contribution is -2.58. The Hall–Kier alpha value is -3.61. The second kappa shape index (κ2) is 11.6. The molecule has 2 aromatic carbocycles. The van der Waals surface area contributed by atoms with Gasteiger partial charge in [-0.05, 0) is 50.2 Å². The number of alkyl halides is 3. The van der Waals surface area contributed by atoms with Crippen LogP contribution in [0, 0.1) is 0 Å². The van der Waals surface area contributed by atoms with Crippen LogP contribution < -0.4 is 20.3 Å². The third-order valence-corrected chi connectivity index (χ3v) is 6.49. The quantitative estimate of drug-likeness (QED) is 0.348. The molecule has 1 aromatic heterocycles. The molecule has 1 aliphatic rings. The van der Waals surface area contributed by atoms with E-state index in [1.165, 1.54) is 25.6 Å². The third kappa shape index (κ3) is 7.28. The number of rotatable bonds is 9. The fourth-order valence-electron chi connectivity index (χ4n) is 4.60. The number of piperazine rings is 1. The number of benzene rings is 2. The molecular weight excluding hydrogens is 515 g/mol. The number of hydrogen-bond donors (Lipinski definition) is 3. The highest BCUT2D eigenvalue weighted by Gasteiger charge is 2.31. The van der Waals surface area contributed by atoms with Crippen molar-refractivity contribution in [1.29, 1.82) is 0 Å². The number of halogens is 3. The highest BCUT2D eigenvalue weighted by molar-refractivity contribution is 5.94. The number of amides is 1. The van der Waals surface area contributed by atoms with Crippen molar-refractivity contribution in [2.75, 3.05) is 50.1 Å². The number of nitrogens with zero attached hydrogens (tertiary/aromatic N) is 3. The average molecular weight is 548 g/mol. The van der Waals surface area contributed by atoms with E-state index in [-0.39, 0.29) is 0 Å². The SMILES string of the molecule is COc1cc(NC(=O)C(O)NC(C)(C)CN2CCN(c3ccc(C(F)(F)F)cc3)CC2)ccc1-c1cnco1. The first-order chi connectivity index (χ1) is 18.4. The summed E-state index contributed by atoms with van der Waals surface area (Å²) >= 11 is 0.